The summed E-state index contributed by atoms with van der Waals surface area (Å²) < 4.78 is 15.7. The highest BCUT2D eigenvalue weighted by Crippen LogP contribution is 2.32. The molecule has 3 rings (SSSR count). The molecule has 1 N–H and O–H groups in total. The summed E-state index contributed by atoms with van der Waals surface area (Å²) in [6.45, 7) is 0. The highest BCUT2D eigenvalue weighted by molar-refractivity contribution is 7.71. The minimum atomic E-state index is -0.528. The normalized spacial score (nSPS) is 11.2. The molecule has 102 valence electrons. The number of imidazole rings is 1. The SMILES string of the molecule is Fc1cc2c(cc1Cl)[nH]c(=S)n2-c1cccc(Cl)c1Cl. The number of nitrogens with one attached hydrogen (secondary N) is 1. The third-order valence-corrected chi connectivity index (χ3v) is 4.28. The zero-order valence-corrected chi connectivity index (χ0v) is 12.8. The van der Waals surface area contributed by atoms with E-state index in [0.29, 0.717) is 31.5 Å². The van der Waals surface area contributed by atoms with Gasteiger partial charge in [0.05, 0.1) is 31.8 Å². The lowest BCUT2D eigenvalue weighted by atomic mass is 10.2. The van der Waals surface area contributed by atoms with Crippen LogP contribution in [0.4, 0.5) is 4.39 Å². The molecule has 0 atom stereocenters. The van der Waals surface area contributed by atoms with Crippen molar-refractivity contribution in [2.45, 2.75) is 0 Å². The number of H-pyrrole nitrogens is 1. The molecular formula is C13H6Cl3FN2S. The van der Waals surface area contributed by atoms with E-state index in [0.717, 1.165) is 0 Å². The molecule has 7 heteroatoms. The van der Waals surface area contributed by atoms with E-state index in [1.54, 1.807) is 22.8 Å². The molecule has 0 aliphatic heterocycles. The van der Waals surface area contributed by atoms with Crippen molar-refractivity contribution in [3.8, 4) is 5.69 Å². The summed E-state index contributed by atoms with van der Waals surface area (Å²) in [5.74, 6) is -0.528. The van der Waals surface area contributed by atoms with Gasteiger partial charge in [-0.2, -0.15) is 0 Å². The topological polar surface area (TPSA) is 20.7 Å². The van der Waals surface area contributed by atoms with Crippen LogP contribution >= 0.6 is 47.0 Å². The van der Waals surface area contributed by atoms with E-state index >= 15 is 0 Å². The molecule has 2 nitrogen and oxygen atoms in total. The van der Waals surface area contributed by atoms with Crippen molar-refractivity contribution in [2.75, 3.05) is 0 Å². The molecule has 1 heterocycles. The van der Waals surface area contributed by atoms with E-state index in [2.05, 4.69) is 4.98 Å². The molecule has 0 fully saturated rings. The van der Waals surface area contributed by atoms with E-state index in [1.807, 2.05) is 0 Å². The Morgan fingerprint density at radius 2 is 1.85 bits per heavy atom. The Kier molecular flexibility index (Phi) is 3.50. The highest BCUT2D eigenvalue weighted by atomic mass is 35.5. The Balaban J connectivity index is 2.42. The van der Waals surface area contributed by atoms with Gasteiger partial charge in [-0.25, -0.2) is 4.39 Å². The van der Waals surface area contributed by atoms with Crippen LogP contribution in [0.2, 0.25) is 15.1 Å². The molecular weight excluding hydrogens is 342 g/mol. The number of hydrogen-bond acceptors (Lipinski definition) is 1. The molecule has 0 radical (unpaired) electrons. The summed E-state index contributed by atoms with van der Waals surface area (Å²) in [6.07, 6.45) is 0. The minimum Gasteiger partial charge on any atom is -0.330 e. The van der Waals surface area contributed by atoms with Crippen molar-refractivity contribution in [1.29, 1.82) is 0 Å². The van der Waals surface area contributed by atoms with Gasteiger partial charge < -0.3 is 4.98 Å². The first kappa shape index (κ1) is 13.9. The molecule has 3 aromatic rings. The molecule has 0 bridgehead atoms. The van der Waals surface area contributed by atoms with E-state index in [9.17, 15) is 4.39 Å². The minimum absolute atomic E-state index is 0.0260. The zero-order valence-electron chi connectivity index (χ0n) is 9.75. The molecule has 0 saturated carbocycles. The lowest BCUT2D eigenvalue weighted by Gasteiger charge is -2.08. The Bertz CT molecular complexity index is 885. The lowest BCUT2D eigenvalue weighted by molar-refractivity contribution is 0.629. The van der Waals surface area contributed by atoms with Crippen molar-refractivity contribution in [2.24, 2.45) is 0 Å². The van der Waals surface area contributed by atoms with Crippen LogP contribution < -0.4 is 0 Å². The van der Waals surface area contributed by atoms with E-state index in [4.69, 9.17) is 47.0 Å². The molecule has 0 spiro atoms. The molecule has 0 amide bonds. The van der Waals surface area contributed by atoms with Crippen molar-refractivity contribution >= 4 is 58.1 Å². The summed E-state index contributed by atoms with van der Waals surface area (Å²) in [5, 5.41) is 0.773. The lowest BCUT2D eigenvalue weighted by Crippen LogP contribution is -1.95. The maximum atomic E-state index is 13.7. The largest absolute Gasteiger partial charge is 0.330 e. The smallest absolute Gasteiger partial charge is 0.182 e. The maximum Gasteiger partial charge on any atom is 0.182 e. The van der Waals surface area contributed by atoms with Gasteiger partial charge in [0.15, 0.2) is 4.77 Å². The fourth-order valence-electron chi connectivity index (χ4n) is 2.01. The molecule has 1 aromatic heterocycles. The van der Waals surface area contributed by atoms with Crippen LogP contribution in [0.15, 0.2) is 30.3 Å². The average Bonchev–Trinajstić information content (AvgIpc) is 2.69. The summed E-state index contributed by atoms with van der Waals surface area (Å²) in [6, 6.07) is 7.96. The quantitative estimate of drug-likeness (QED) is 0.553. The van der Waals surface area contributed by atoms with Crippen LogP contribution in [0.1, 0.15) is 0 Å². The number of aromatic nitrogens is 2. The van der Waals surface area contributed by atoms with Gasteiger partial charge in [-0.3, -0.25) is 4.57 Å². The maximum absolute atomic E-state index is 13.7. The summed E-state index contributed by atoms with van der Waals surface area (Å²) >= 11 is 23.2. The number of nitrogens with zero attached hydrogens (tertiary/aromatic N) is 1. The number of fused-ring (bicyclic) bond motifs is 1. The second-order valence-corrected chi connectivity index (χ2v) is 5.70. The van der Waals surface area contributed by atoms with Crippen molar-refractivity contribution in [1.82, 2.24) is 9.55 Å². The van der Waals surface area contributed by atoms with Crippen LogP contribution in [0, 0.1) is 10.6 Å². The van der Waals surface area contributed by atoms with Gasteiger partial charge in [0.25, 0.3) is 0 Å². The van der Waals surface area contributed by atoms with Crippen LogP contribution in [0.3, 0.4) is 0 Å². The van der Waals surface area contributed by atoms with Gasteiger partial charge in [-0.15, -0.1) is 0 Å². The van der Waals surface area contributed by atoms with E-state index < -0.39 is 5.82 Å². The summed E-state index contributed by atoms with van der Waals surface area (Å²) in [7, 11) is 0. The number of hydrogen-bond donors (Lipinski definition) is 1. The van der Waals surface area contributed by atoms with Crippen LogP contribution in [-0.2, 0) is 0 Å². The summed E-state index contributed by atoms with van der Waals surface area (Å²) in [5.41, 5.74) is 1.75. The van der Waals surface area contributed by atoms with E-state index in [-0.39, 0.29) is 5.02 Å². The Labute approximate surface area is 133 Å². The number of aromatic amines is 1. The molecule has 0 aliphatic carbocycles. The van der Waals surface area contributed by atoms with Gasteiger partial charge in [0, 0.05) is 6.07 Å². The van der Waals surface area contributed by atoms with Gasteiger partial charge >= 0.3 is 0 Å². The van der Waals surface area contributed by atoms with Crippen LogP contribution in [-0.4, -0.2) is 9.55 Å². The Morgan fingerprint density at radius 3 is 2.60 bits per heavy atom. The number of benzene rings is 2. The fraction of sp³-hybridized carbons (Fsp3) is 0. The predicted molar refractivity (Wildman–Crippen MR) is 83.4 cm³/mol. The number of halogens is 4. The van der Waals surface area contributed by atoms with Gasteiger partial charge in [0.2, 0.25) is 0 Å². The summed E-state index contributed by atoms with van der Waals surface area (Å²) in [4.78, 5) is 2.97. The van der Waals surface area contributed by atoms with Crippen molar-refractivity contribution in [3.63, 3.8) is 0 Å². The monoisotopic (exact) mass is 346 g/mol. The molecule has 2 aromatic carbocycles. The first-order valence-corrected chi connectivity index (χ1v) is 7.07. The fourth-order valence-corrected chi connectivity index (χ4v) is 2.86. The van der Waals surface area contributed by atoms with Crippen LogP contribution in [0.5, 0.6) is 0 Å². The first-order chi connectivity index (χ1) is 9.49. The van der Waals surface area contributed by atoms with Gasteiger partial charge in [-0.05, 0) is 30.4 Å². The predicted octanol–water partition coefficient (Wildman–Crippen LogP) is 5.79. The first-order valence-electron chi connectivity index (χ1n) is 5.53. The standard InChI is InChI=1S/C13H6Cl3FN2S/c14-6-2-1-3-10(12(6)16)19-11-5-8(17)7(15)4-9(11)18-13(19)20/h1-5H,(H,18,20). The van der Waals surface area contributed by atoms with Crippen LogP contribution in [0.25, 0.3) is 16.7 Å². The zero-order chi connectivity index (χ0) is 14.4. The van der Waals surface area contributed by atoms with E-state index in [1.165, 1.54) is 12.1 Å². The third-order valence-electron chi connectivity index (χ3n) is 2.90. The second kappa shape index (κ2) is 5.04. The molecule has 0 saturated heterocycles. The second-order valence-electron chi connectivity index (χ2n) is 4.12. The molecule has 20 heavy (non-hydrogen) atoms. The van der Waals surface area contributed by atoms with Gasteiger partial charge in [-0.1, -0.05) is 40.9 Å². The Hall–Kier alpha value is -1.07. The third kappa shape index (κ3) is 2.13. The van der Waals surface area contributed by atoms with Gasteiger partial charge in [0.1, 0.15) is 5.82 Å². The number of rotatable bonds is 1. The molecule has 0 aliphatic rings. The highest BCUT2D eigenvalue weighted by Gasteiger charge is 2.13. The van der Waals surface area contributed by atoms with Crippen molar-refractivity contribution in [3.05, 3.63) is 56.0 Å². The Morgan fingerprint density at radius 1 is 1.10 bits per heavy atom. The van der Waals surface area contributed by atoms with Crippen molar-refractivity contribution < 1.29 is 4.39 Å². The average molecular weight is 348 g/mol. The molecule has 0 unspecified atom stereocenters.